The highest BCUT2D eigenvalue weighted by molar-refractivity contribution is 4.92. The Morgan fingerprint density at radius 1 is 0.889 bits per heavy atom. The zero-order valence-electron chi connectivity index (χ0n) is 13.4. The third kappa shape index (κ3) is 4.57. The summed E-state index contributed by atoms with van der Waals surface area (Å²) in [6.07, 6.45) is 5.72. The van der Waals surface area contributed by atoms with Gasteiger partial charge >= 0.3 is 0 Å². The van der Waals surface area contributed by atoms with Crippen LogP contribution in [0, 0.1) is 29.6 Å². The van der Waals surface area contributed by atoms with Crippen LogP contribution in [0.3, 0.4) is 0 Å². The van der Waals surface area contributed by atoms with E-state index >= 15 is 0 Å². The van der Waals surface area contributed by atoms with E-state index in [-0.39, 0.29) is 0 Å². The summed E-state index contributed by atoms with van der Waals surface area (Å²) in [4.78, 5) is 0. The first kappa shape index (κ1) is 16.0. The maximum Gasteiger partial charge on any atom is 0.0680 e. The van der Waals surface area contributed by atoms with Gasteiger partial charge in [0.05, 0.1) is 5.60 Å². The Bertz CT molecular complexity index is 224. The quantitative estimate of drug-likeness (QED) is 0.741. The van der Waals surface area contributed by atoms with Crippen LogP contribution in [0.4, 0.5) is 0 Å². The summed E-state index contributed by atoms with van der Waals surface area (Å²) < 4.78 is 0. The molecule has 2 unspecified atom stereocenters. The third-order valence-electron chi connectivity index (χ3n) is 4.46. The van der Waals surface area contributed by atoms with Crippen LogP contribution < -0.4 is 0 Å². The van der Waals surface area contributed by atoms with Gasteiger partial charge in [0.1, 0.15) is 0 Å². The molecule has 0 aliphatic heterocycles. The van der Waals surface area contributed by atoms with Crippen molar-refractivity contribution >= 4 is 0 Å². The van der Waals surface area contributed by atoms with Crippen LogP contribution >= 0.6 is 0 Å². The lowest BCUT2D eigenvalue weighted by Gasteiger charge is -2.44. The summed E-state index contributed by atoms with van der Waals surface area (Å²) in [6, 6.07) is 0. The van der Waals surface area contributed by atoms with E-state index in [0.29, 0.717) is 17.8 Å². The van der Waals surface area contributed by atoms with E-state index in [1.807, 2.05) is 0 Å². The average Bonchev–Trinajstić information content (AvgIpc) is 2.12. The second-order valence-electron chi connectivity index (χ2n) is 7.91. The van der Waals surface area contributed by atoms with Crippen molar-refractivity contribution in [3.05, 3.63) is 0 Å². The summed E-state index contributed by atoms with van der Waals surface area (Å²) in [6.45, 7) is 13.7. The molecule has 0 spiro atoms. The van der Waals surface area contributed by atoms with E-state index in [9.17, 15) is 5.11 Å². The minimum absolute atomic E-state index is 0.425. The Kier molecular flexibility index (Phi) is 5.70. The average molecular weight is 254 g/mol. The number of hydrogen-bond acceptors (Lipinski definition) is 1. The molecule has 1 nitrogen and oxygen atoms in total. The molecule has 0 aromatic carbocycles. The molecule has 1 aliphatic carbocycles. The predicted molar refractivity (Wildman–Crippen MR) is 79.5 cm³/mol. The molecular weight excluding hydrogens is 220 g/mol. The Morgan fingerprint density at radius 3 is 1.61 bits per heavy atom. The Morgan fingerprint density at radius 2 is 1.28 bits per heavy atom. The monoisotopic (exact) mass is 254 g/mol. The smallest absolute Gasteiger partial charge is 0.0680 e. The molecule has 0 amide bonds. The Labute approximate surface area is 114 Å². The highest BCUT2D eigenvalue weighted by Crippen LogP contribution is 2.43. The molecule has 0 aromatic rings. The minimum Gasteiger partial charge on any atom is -0.390 e. The highest BCUT2D eigenvalue weighted by Gasteiger charge is 2.40. The molecule has 0 saturated heterocycles. The van der Waals surface area contributed by atoms with Crippen LogP contribution in [0.2, 0.25) is 0 Å². The van der Waals surface area contributed by atoms with E-state index in [1.54, 1.807) is 0 Å². The van der Waals surface area contributed by atoms with Crippen LogP contribution in [0.1, 0.15) is 73.6 Å². The maximum atomic E-state index is 11.2. The van der Waals surface area contributed by atoms with Crippen molar-refractivity contribution < 1.29 is 5.11 Å². The van der Waals surface area contributed by atoms with Crippen LogP contribution in [-0.4, -0.2) is 10.7 Å². The molecule has 1 aliphatic rings. The molecule has 108 valence electrons. The summed E-state index contributed by atoms with van der Waals surface area (Å²) in [5.41, 5.74) is -0.425. The van der Waals surface area contributed by atoms with Gasteiger partial charge in [0.15, 0.2) is 0 Å². The molecule has 18 heavy (non-hydrogen) atoms. The van der Waals surface area contributed by atoms with Crippen LogP contribution in [0.15, 0.2) is 0 Å². The lowest BCUT2D eigenvalue weighted by Crippen LogP contribution is -2.44. The van der Waals surface area contributed by atoms with Crippen LogP contribution in [0.25, 0.3) is 0 Å². The van der Waals surface area contributed by atoms with Gasteiger partial charge < -0.3 is 5.11 Å². The molecule has 1 fully saturated rings. The number of hydrogen-bond donors (Lipinski definition) is 1. The third-order valence-corrected chi connectivity index (χ3v) is 4.46. The zero-order chi connectivity index (χ0) is 13.9. The molecule has 0 radical (unpaired) electrons. The van der Waals surface area contributed by atoms with Gasteiger partial charge in [-0.3, -0.25) is 0 Å². The standard InChI is InChI=1S/C17H34O/c1-12(2)10-17(18,11-13(3)4)16-8-14(5)7-15(6)9-16/h12-16,18H,7-11H2,1-6H3. The van der Waals surface area contributed by atoms with Gasteiger partial charge in [-0.25, -0.2) is 0 Å². The molecule has 0 bridgehead atoms. The van der Waals surface area contributed by atoms with Crippen molar-refractivity contribution in [2.24, 2.45) is 29.6 Å². The molecular formula is C17H34O. The van der Waals surface area contributed by atoms with Crippen molar-refractivity contribution in [1.82, 2.24) is 0 Å². The Balaban J connectivity index is 2.80. The van der Waals surface area contributed by atoms with Crippen molar-refractivity contribution in [3.8, 4) is 0 Å². The molecule has 2 atom stereocenters. The van der Waals surface area contributed by atoms with Crippen molar-refractivity contribution in [1.29, 1.82) is 0 Å². The van der Waals surface area contributed by atoms with Gasteiger partial charge in [0.25, 0.3) is 0 Å². The van der Waals surface area contributed by atoms with E-state index in [2.05, 4.69) is 41.5 Å². The summed E-state index contributed by atoms with van der Waals surface area (Å²) in [5, 5.41) is 11.2. The molecule has 1 heteroatoms. The van der Waals surface area contributed by atoms with E-state index in [4.69, 9.17) is 0 Å². The predicted octanol–water partition coefficient (Wildman–Crippen LogP) is 4.88. The Hall–Kier alpha value is -0.0400. The second-order valence-corrected chi connectivity index (χ2v) is 7.91. The molecule has 1 rings (SSSR count). The summed E-state index contributed by atoms with van der Waals surface area (Å²) >= 11 is 0. The van der Waals surface area contributed by atoms with Gasteiger partial charge in [0, 0.05) is 0 Å². The largest absolute Gasteiger partial charge is 0.390 e. The molecule has 0 heterocycles. The van der Waals surface area contributed by atoms with Gasteiger partial charge in [-0.1, -0.05) is 41.5 Å². The fraction of sp³-hybridized carbons (Fsp3) is 1.00. The number of aliphatic hydroxyl groups is 1. The molecule has 1 N–H and O–H groups in total. The van der Waals surface area contributed by atoms with Gasteiger partial charge in [0.2, 0.25) is 0 Å². The van der Waals surface area contributed by atoms with Crippen molar-refractivity contribution in [3.63, 3.8) is 0 Å². The van der Waals surface area contributed by atoms with E-state index in [0.717, 1.165) is 24.7 Å². The van der Waals surface area contributed by atoms with Gasteiger partial charge in [-0.2, -0.15) is 0 Å². The topological polar surface area (TPSA) is 20.2 Å². The van der Waals surface area contributed by atoms with Gasteiger partial charge in [-0.05, 0) is 61.7 Å². The van der Waals surface area contributed by atoms with E-state index in [1.165, 1.54) is 19.3 Å². The first-order valence-electron chi connectivity index (χ1n) is 7.95. The lowest BCUT2D eigenvalue weighted by molar-refractivity contribution is -0.0766. The van der Waals surface area contributed by atoms with Crippen LogP contribution in [-0.2, 0) is 0 Å². The van der Waals surface area contributed by atoms with Gasteiger partial charge in [-0.15, -0.1) is 0 Å². The van der Waals surface area contributed by atoms with E-state index < -0.39 is 5.60 Å². The first-order chi connectivity index (χ1) is 8.23. The SMILES string of the molecule is CC(C)CC(O)(CC(C)C)C1CC(C)CC(C)C1. The van der Waals surface area contributed by atoms with Crippen molar-refractivity contribution in [2.45, 2.75) is 79.2 Å². The van der Waals surface area contributed by atoms with Crippen molar-refractivity contribution in [2.75, 3.05) is 0 Å². The zero-order valence-corrected chi connectivity index (χ0v) is 13.4. The normalized spacial score (nSPS) is 30.2. The second kappa shape index (κ2) is 6.41. The maximum absolute atomic E-state index is 11.2. The fourth-order valence-electron chi connectivity index (χ4n) is 4.22. The highest BCUT2D eigenvalue weighted by atomic mass is 16.3. The van der Waals surface area contributed by atoms with Crippen LogP contribution in [0.5, 0.6) is 0 Å². The lowest BCUT2D eigenvalue weighted by atomic mass is 9.65. The summed E-state index contributed by atoms with van der Waals surface area (Å²) in [7, 11) is 0. The fourth-order valence-corrected chi connectivity index (χ4v) is 4.22. The summed E-state index contributed by atoms with van der Waals surface area (Å²) in [5.74, 6) is 3.25. The number of rotatable bonds is 5. The minimum atomic E-state index is -0.425. The molecule has 0 aromatic heterocycles. The molecule has 1 saturated carbocycles. The first-order valence-corrected chi connectivity index (χ1v) is 7.95.